The molecule has 116 valence electrons. The lowest BCUT2D eigenvalue weighted by Crippen LogP contribution is -2.29. The molecular weight excluding hydrogens is 258 g/mol. The number of nitrogens with one attached hydrogen (secondary N) is 1. The number of carboxylic acid groups (broad SMARTS) is 1. The molecule has 2 atom stereocenters. The van der Waals surface area contributed by atoms with Crippen LogP contribution in [0.2, 0.25) is 0 Å². The number of hydrogen-bond donors (Lipinski definition) is 7. The molecule has 1 rings (SSSR count). The molecule has 0 aliphatic carbocycles. The summed E-state index contributed by atoms with van der Waals surface area (Å²) in [5, 5.41) is 51.2. The van der Waals surface area contributed by atoms with Crippen LogP contribution in [0, 0.1) is 0 Å². The molecule has 1 heterocycles. The quantitative estimate of drug-likeness (QED) is 0.299. The first-order valence-corrected chi connectivity index (χ1v) is 6.03. The van der Waals surface area contributed by atoms with Crippen LogP contribution in [0.4, 0.5) is 0 Å². The molecule has 19 heavy (non-hydrogen) atoms. The van der Waals surface area contributed by atoms with Crippen LogP contribution in [0.15, 0.2) is 0 Å². The van der Waals surface area contributed by atoms with Crippen molar-refractivity contribution in [1.29, 1.82) is 0 Å². The second kappa shape index (κ2) is 13.7. The Kier molecular flexibility index (Phi) is 14.8. The highest BCUT2D eigenvalue weighted by atomic mass is 16.4. The number of aliphatic hydroxyl groups excluding tert-OH is 5. The summed E-state index contributed by atoms with van der Waals surface area (Å²) in [5.41, 5.74) is 0. The summed E-state index contributed by atoms with van der Waals surface area (Å²) in [6.45, 7) is 1.52. The zero-order chi connectivity index (χ0) is 15.3. The highest BCUT2D eigenvalue weighted by Gasteiger charge is 2.20. The van der Waals surface area contributed by atoms with Gasteiger partial charge in [-0.05, 0) is 26.3 Å². The van der Waals surface area contributed by atoms with Crippen LogP contribution in [0.5, 0.6) is 0 Å². The first-order valence-electron chi connectivity index (χ1n) is 6.03. The smallest absolute Gasteiger partial charge is 0.320 e. The normalized spacial score (nSPS) is 19.0. The van der Waals surface area contributed by atoms with Gasteiger partial charge in [-0.25, -0.2) is 0 Å². The number of carbonyl (C=O) groups is 1. The van der Waals surface area contributed by atoms with E-state index >= 15 is 0 Å². The molecule has 7 N–H and O–H groups in total. The molecule has 0 amide bonds. The van der Waals surface area contributed by atoms with E-state index in [1.807, 2.05) is 0 Å². The number of hydrogen-bond acceptors (Lipinski definition) is 7. The van der Waals surface area contributed by atoms with E-state index in [0.717, 1.165) is 19.4 Å². The van der Waals surface area contributed by atoms with Gasteiger partial charge in [-0.15, -0.1) is 0 Å². The summed E-state index contributed by atoms with van der Waals surface area (Å²) in [5.74, 6) is -0.720. The minimum absolute atomic E-state index is 0.139. The summed E-state index contributed by atoms with van der Waals surface area (Å²) >= 11 is 0. The minimum atomic E-state index is -0.954. The molecule has 0 spiro atoms. The van der Waals surface area contributed by atoms with Crippen molar-refractivity contribution < 1.29 is 35.4 Å². The van der Waals surface area contributed by atoms with Gasteiger partial charge in [-0.1, -0.05) is 0 Å². The fraction of sp³-hybridized carbons (Fsp3) is 0.909. The first-order chi connectivity index (χ1) is 8.88. The fourth-order valence-electron chi connectivity index (χ4n) is 0.953. The van der Waals surface area contributed by atoms with Crippen LogP contribution in [0.25, 0.3) is 0 Å². The Morgan fingerprint density at radius 1 is 1.21 bits per heavy atom. The Balaban J connectivity index is 0. The Morgan fingerprint density at radius 3 is 1.79 bits per heavy atom. The fourth-order valence-corrected chi connectivity index (χ4v) is 0.953. The van der Waals surface area contributed by atoms with Crippen LogP contribution in [0.3, 0.4) is 0 Å². The Labute approximate surface area is 112 Å². The lowest BCUT2D eigenvalue weighted by molar-refractivity contribution is -0.139. The first kappa shape index (κ1) is 20.5. The summed E-state index contributed by atoms with van der Waals surface area (Å²) in [6.07, 6.45) is 0.270. The van der Waals surface area contributed by atoms with E-state index in [2.05, 4.69) is 5.32 Å². The van der Waals surface area contributed by atoms with E-state index in [-0.39, 0.29) is 25.9 Å². The zero-order valence-corrected chi connectivity index (χ0v) is 11.1. The predicted octanol–water partition coefficient (Wildman–Crippen LogP) is -2.49. The van der Waals surface area contributed by atoms with E-state index in [0.29, 0.717) is 0 Å². The molecule has 8 heteroatoms. The molecule has 0 aromatic heterocycles. The molecule has 1 aliphatic heterocycles. The Bertz CT molecular complexity index is 203. The maximum atomic E-state index is 10.1. The average Bonchev–Trinajstić information content (AvgIpc) is 2.93. The molecule has 1 saturated heterocycles. The molecule has 0 aromatic rings. The average molecular weight is 283 g/mol. The Hall–Kier alpha value is -0.770. The molecule has 0 saturated carbocycles. The van der Waals surface area contributed by atoms with E-state index in [1.54, 1.807) is 0 Å². The SMILES string of the molecule is CC(O)CO.O=C(O)[C@@H]1CCCN1.OCC(O)CO. The molecule has 1 fully saturated rings. The van der Waals surface area contributed by atoms with Crippen molar-refractivity contribution in [2.75, 3.05) is 26.4 Å². The number of aliphatic hydroxyl groups is 5. The molecule has 8 nitrogen and oxygen atoms in total. The minimum Gasteiger partial charge on any atom is -0.480 e. The number of carboxylic acids is 1. The highest BCUT2D eigenvalue weighted by molar-refractivity contribution is 5.73. The third kappa shape index (κ3) is 15.2. The molecule has 1 aliphatic rings. The van der Waals surface area contributed by atoms with Gasteiger partial charge in [0.1, 0.15) is 12.1 Å². The lowest BCUT2D eigenvalue weighted by atomic mass is 10.2. The van der Waals surface area contributed by atoms with Gasteiger partial charge in [-0.3, -0.25) is 4.79 Å². The standard InChI is InChI=1S/C5H9NO2.C3H8O3.C3H8O2/c7-5(8)4-2-1-3-6-4;4-1-3(6)2-5;1-3(5)2-4/h4,6H,1-3H2,(H,7,8);3-6H,1-2H2;3-5H,2H2,1H3/t4-;;/m0../s1. The predicted molar refractivity (Wildman–Crippen MR) is 67.6 cm³/mol. The Morgan fingerprint density at radius 2 is 1.68 bits per heavy atom. The van der Waals surface area contributed by atoms with Crippen LogP contribution in [-0.2, 0) is 4.79 Å². The van der Waals surface area contributed by atoms with Crippen molar-refractivity contribution in [3.8, 4) is 0 Å². The third-order valence-corrected chi connectivity index (χ3v) is 2.04. The molecular formula is C11H25NO7. The molecule has 0 bridgehead atoms. The summed E-state index contributed by atoms with van der Waals surface area (Å²) in [7, 11) is 0. The van der Waals surface area contributed by atoms with Crippen molar-refractivity contribution in [1.82, 2.24) is 5.32 Å². The molecule has 1 unspecified atom stereocenters. The zero-order valence-electron chi connectivity index (χ0n) is 11.1. The van der Waals surface area contributed by atoms with Gasteiger partial charge in [0, 0.05) is 0 Å². The van der Waals surface area contributed by atoms with Crippen LogP contribution in [0.1, 0.15) is 19.8 Å². The van der Waals surface area contributed by atoms with Crippen molar-refractivity contribution in [2.45, 2.75) is 38.0 Å². The van der Waals surface area contributed by atoms with E-state index < -0.39 is 18.2 Å². The second-order valence-electron chi connectivity index (χ2n) is 4.04. The maximum absolute atomic E-state index is 10.1. The van der Waals surface area contributed by atoms with Crippen molar-refractivity contribution in [2.24, 2.45) is 0 Å². The molecule has 0 radical (unpaired) electrons. The topological polar surface area (TPSA) is 150 Å². The van der Waals surface area contributed by atoms with E-state index in [9.17, 15) is 4.79 Å². The maximum Gasteiger partial charge on any atom is 0.320 e. The highest BCUT2D eigenvalue weighted by Crippen LogP contribution is 2.03. The van der Waals surface area contributed by atoms with Gasteiger partial charge >= 0.3 is 5.97 Å². The van der Waals surface area contributed by atoms with Gasteiger partial charge in [0.2, 0.25) is 0 Å². The monoisotopic (exact) mass is 283 g/mol. The van der Waals surface area contributed by atoms with Crippen LogP contribution in [-0.4, -0.2) is 81.2 Å². The van der Waals surface area contributed by atoms with Crippen LogP contribution >= 0.6 is 0 Å². The van der Waals surface area contributed by atoms with Crippen LogP contribution < -0.4 is 5.32 Å². The van der Waals surface area contributed by atoms with Gasteiger partial charge in [0.15, 0.2) is 0 Å². The van der Waals surface area contributed by atoms with E-state index in [4.69, 9.17) is 30.6 Å². The molecule has 0 aromatic carbocycles. The summed E-state index contributed by atoms with van der Waals surface area (Å²) in [6, 6.07) is -0.269. The van der Waals surface area contributed by atoms with Crippen molar-refractivity contribution in [3.63, 3.8) is 0 Å². The summed E-state index contributed by atoms with van der Waals surface area (Å²) in [4.78, 5) is 10.1. The van der Waals surface area contributed by atoms with Gasteiger partial charge in [0.25, 0.3) is 0 Å². The van der Waals surface area contributed by atoms with Crippen molar-refractivity contribution >= 4 is 5.97 Å². The van der Waals surface area contributed by atoms with Gasteiger partial charge < -0.3 is 36.0 Å². The largest absolute Gasteiger partial charge is 0.480 e. The van der Waals surface area contributed by atoms with E-state index in [1.165, 1.54) is 6.92 Å². The number of rotatable bonds is 4. The van der Waals surface area contributed by atoms with Gasteiger partial charge in [-0.2, -0.15) is 0 Å². The van der Waals surface area contributed by atoms with Gasteiger partial charge in [0.05, 0.1) is 25.9 Å². The third-order valence-electron chi connectivity index (χ3n) is 2.04. The lowest BCUT2D eigenvalue weighted by Gasteiger charge is -1.99. The number of aliphatic carboxylic acids is 1. The summed E-state index contributed by atoms with van der Waals surface area (Å²) < 4.78 is 0. The second-order valence-corrected chi connectivity index (χ2v) is 4.04. The van der Waals surface area contributed by atoms with Crippen molar-refractivity contribution in [3.05, 3.63) is 0 Å².